The Hall–Kier alpha value is -2.86. The molecular weight excluding hydrogens is 378 g/mol. The van der Waals surface area contributed by atoms with Gasteiger partial charge in [0, 0.05) is 7.11 Å². The highest BCUT2D eigenvalue weighted by Gasteiger charge is 2.18. The lowest BCUT2D eigenvalue weighted by Gasteiger charge is -2.17. The Labute approximate surface area is 178 Å². The van der Waals surface area contributed by atoms with Crippen LogP contribution in [0.15, 0.2) is 48.5 Å². The van der Waals surface area contributed by atoms with Crippen LogP contribution in [0.5, 0.6) is 5.75 Å². The molecule has 6 nitrogen and oxygen atoms in total. The molecule has 2 unspecified atom stereocenters. The molecule has 3 rings (SSSR count). The summed E-state index contributed by atoms with van der Waals surface area (Å²) in [7, 11) is 1.51. The molecule has 0 spiro atoms. The van der Waals surface area contributed by atoms with Crippen LogP contribution >= 0.6 is 0 Å². The summed E-state index contributed by atoms with van der Waals surface area (Å²) in [6.45, 7) is 7.53. The largest absolute Gasteiger partial charge is 0.492 e. The van der Waals surface area contributed by atoms with E-state index in [1.807, 2.05) is 43.3 Å². The number of carbonyl (C=O) groups excluding carboxylic acids is 1. The number of imidazole rings is 1. The van der Waals surface area contributed by atoms with E-state index in [-0.39, 0.29) is 18.6 Å². The van der Waals surface area contributed by atoms with E-state index in [1.54, 1.807) is 0 Å². The summed E-state index contributed by atoms with van der Waals surface area (Å²) in [6.07, 6.45) is 1.12. The fourth-order valence-corrected chi connectivity index (χ4v) is 3.52. The van der Waals surface area contributed by atoms with Crippen molar-refractivity contribution in [1.29, 1.82) is 0 Å². The number of para-hydroxylation sites is 2. The Morgan fingerprint density at radius 1 is 1.13 bits per heavy atom. The maximum Gasteiger partial charge on any atom is 0.246 e. The number of methoxy groups -OCH3 is 1. The highest BCUT2D eigenvalue weighted by Crippen LogP contribution is 2.23. The van der Waals surface area contributed by atoms with Crippen molar-refractivity contribution in [3.8, 4) is 5.75 Å². The fourth-order valence-electron chi connectivity index (χ4n) is 3.52. The van der Waals surface area contributed by atoms with Crippen molar-refractivity contribution >= 4 is 16.9 Å². The minimum atomic E-state index is -0.241. The molecular formula is C24H31N3O3. The number of fused-ring (bicyclic) bond motifs is 1. The maximum atomic E-state index is 12.0. The van der Waals surface area contributed by atoms with Crippen molar-refractivity contribution < 1.29 is 14.3 Å². The number of hydrogen-bond acceptors (Lipinski definition) is 4. The molecule has 0 aliphatic heterocycles. The quantitative estimate of drug-likeness (QED) is 0.537. The van der Waals surface area contributed by atoms with Gasteiger partial charge in [-0.15, -0.1) is 0 Å². The number of nitrogens with one attached hydrogen (secondary N) is 1. The number of hydrogen-bond donors (Lipinski definition) is 1. The lowest BCUT2D eigenvalue weighted by Crippen LogP contribution is -2.31. The number of benzene rings is 2. The van der Waals surface area contributed by atoms with Gasteiger partial charge < -0.3 is 19.4 Å². The molecule has 6 heteroatoms. The number of carbonyl (C=O) groups is 1. The van der Waals surface area contributed by atoms with E-state index >= 15 is 0 Å². The molecule has 0 radical (unpaired) electrons. The van der Waals surface area contributed by atoms with E-state index in [9.17, 15) is 4.79 Å². The van der Waals surface area contributed by atoms with Crippen molar-refractivity contribution in [2.24, 2.45) is 0 Å². The molecule has 1 amide bonds. The van der Waals surface area contributed by atoms with Crippen molar-refractivity contribution in [3.05, 3.63) is 59.9 Å². The summed E-state index contributed by atoms with van der Waals surface area (Å²) in [6, 6.07) is 16.1. The van der Waals surface area contributed by atoms with E-state index < -0.39 is 0 Å². The third-order valence-electron chi connectivity index (χ3n) is 5.37. The van der Waals surface area contributed by atoms with Crippen LogP contribution in [-0.4, -0.2) is 35.8 Å². The number of rotatable bonds is 10. The average molecular weight is 410 g/mol. The molecule has 0 bridgehead atoms. The van der Waals surface area contributed by atoms with Crippen LogP contribution in [0.2, 0.25) is 0 Å². The van der Waals surface area contributed by atoms with Crippen LogP contribution in [0.25, 0.3) is 11.0 Å². The summed E-state index contributed by atoms with van der Waals surface area (Å²) in [5, 5.41) is 2.94. The van der Waals surface area contributed by atoms with Crippen molar-refractivity contribution in [3.63, 3.8) is 0 Å². The first-order valence-electron chi connectivity index (χ1n) is 10.5. The first-order chi connectivity index (χ1) is 14.5. The third-order valence-corrected chi connectivity index (χ3v) is 5.37. The fraction of sp³-hybridized carbons (Fsp3) is 0.417. The zero-order valence-corrected chi connectivity index (χ0v) is 18.2. The Kier molecular flexibility index (Phi) is 7.46. The van der Waals surface area contributed by atoms with Gasteiger partial charge in [0.25, 0.3) is 0 Å². The van der Waals surface area contributed by atoms with Crippen molar-refractivity contribution in [1.82, 2.24) is 14.9 Å². The molecule has 0 fully saturated rings. The van der Waals surface area contributed by atoms with Gasteiger partial charge in [-0.25, -0.2) is 4.98 Å². The van der Waals surface area contributed by atoms with E-state index in [1.165, 1.54) is 12.7 Å². The second-order valence-corrected chi connectivity index (χ2v) is 7.56. The number of amides is 1. The molecule has 1 heterocycles. The smallest absolute Gasteiger partial charge is 0.246 e. The van der Waals surface area contributed by atoms with E-state index in [0.29, 0.717) is 19.1 Å². The van der Waals surface area contributed by atoms with Crippen LogP contribution in [-0.2, 0) is 16.1 Å². The highest BCUT2D eigenvalue weighted by molar-refractivity contribution is 5.78. The van der Waals surface area contributed by atoms with E-state index in [4.69, 9.17) is 14.5 Å². The topological polar surface area (TPSA) is 65.4 Å². The Balaban J connectivity index is 1.72. The molecule has 0 aliphatic carbocycles. The number of aromatic nitrogens is 2. The van der Waals surface area contributed by atoms with Crippen molar-refractivity contribution in [2.75, 3.05) is 20.3 Å². The summed E-state index contributed by atoms with van der Waals surface area (Å²) in [5.41, 5.74) is 3.25. The van der Waals surface area contributed by atoms with Crippen LogP contribution < -0.4 is 10.1 Å². The first-order valence-corrected chi connectivity index (χ1v) is 10.5. The number of nitrogens with zero attached hydrogens (tertiary/aromatic N) is 2. The molecule has 2 aromatic carbocycles. The second kappa shape index (κ2) is 10.3. The molecule has 30 heavy (non-hydrogen) atoms. The van der Waals surface area contributed by atoms with E-state index in [2.05, 4.69) is 35.9 Å². The zero-order valence-electron chi connectivity index (χ0n) is 18.2. The van der Waals surface area contributed by atoms with Gasteiger partial charge in [-0.1, -0.05) is 38.1 Å². The zero-order chi connectivity index (χ0) is 21.5. The van der Waals surface area contributed by atoms with Crippen LogP contribution in [0.3, 0.4) is 0 Å². The van der Waals surface area contributed by atoms with E-state index in [0.717, 1.165) is 29.0 Å². The molecule has 1 N–H and O–H groups in total. The van der Waals surface area contributed by atoms with Gasteiger partial charge in [0.2, 0.25) is 5.91 Å². The molecule has 3 aromatic rings. The Morgan fingerprint density at radius 3 is 2.57 bits per heavy atom. The predicted molar refractivity (Wildman–Crippen MR) is 119 cm³/mol. The normalized spacial score (nSPS) is 13.2. The third kappa shape index (κ3) is 5.19. The van der Waals surface area contributed by atoms with Crippen LogP contribution in [0, 0.1) is 0 Å². The summed E-state index contributed by atoms with van der Waals surface area (Å²) in [4.78, 5) is 16.7. The number of ether oxygens (including phenoxy) is 2. The molecule has 2 atom stereocenters. The summed E-state index contributed by atoms with van der Waals surface area (Å²) in [5.74, 6) is 2.04. The van der Waals surface area contributed by atoms with Gasteiger partial charge in [-0.2, -0.15) is 0 Å². The lowest BCUT2D eigenvalue weighted by molar-refractivity contribution is -0.125. The molecule has 160 valence electrons. The van der Waals surface area contributed by atoms with Gasteiger partial charge in [-0.3, -0.25) is 4.79 Å². The van der Waals surface area contributed by atoms with Gasteiger partial charge in [-0.05, 0) is 49.1 Å². The van der Waals surface area contributed by atoms with Gasteiger partial charge in [0.1, 0.15) is 24.8 Å². The van der Waals surface area contributed by atoms with Crippen LogP contribution in [0.4, 0.5) is 0 Å². The van der Waals surface area contributed by atoms with Crippen LogP contribution in [0.1, 0.15) is 50.5 Å². The Morgan fingerprint density at radius 2 is 1.87 bits per heavy atom. The highest BCUT2D eigenvalue weighted by atomic mass is 16.5. The van der Waals surface area contributed by atoms with Gasteiger partial charge in [0.15, 0.2) is 0 Å². The van der Waals surface area contributed by atoms with Gasteiger partial charge >= 0.3 is 0 Å². The average Bonchev–Trinajstić information content (AvgIpc) is 3.13. The minimum Gasteiger partial charge on any atom is -0.492 e. The maximum absolute atomic E-state index is 12.0. The standard InChI is InChI=1S/C24H31N3O3/c1-5-17(2)19-10-12-20(13-11-19)30-15-14-27-22-9-7-6-8-21(22)26-24(27)18(3)25-23(28)16-29-4/h6-13,17-18H,5,14-16H2,1-4H3,(H,25,28). The molecule has 0 saturated heterocycles. The second-order valence-electron chi connectivity index (χ2n) is 7.56. The lowest BCUT2D eigenvalue weighted by atomic mass is 9.99. The van der Waals surface area contributed by atoms with Gasteiger partial charge in [0.05, 0.1) is 23.6 Å². The van der Waals surface area contributed by atoms with Crippen molar-refractivity contribution in [2.45, 2.75) is 45.7 Å². The predicted octanol–water partition coefficient (Wildman–Crippen LogP) is 4.45. The summed E-state index contributed by atoms with van der Waals surface area (Å²) < 4.78 is 13.0. The first kappa shape index (κ1) is 21.8. The summed E-state index contributed by atoms with van der Waals surface area (Å²) >= 11 is 0. The molecule has 1 aromatic heterocycles. The SMILES string of the molecule is CCC(C)c1ccc(OCCn2c(C(C)NC(=O)COC)nc3ccccc32)cc1. The molecule has 0 saturated carbocycles. The Bertz CT molecular complexity index is 965. The monoisotopic (exact) mass is 409 g/mol. The molecule has 0 aliphatic rings. The minimum absolute atomic E-state index is 0.0281.